The molecular formula is C11H13F3N2O3. The average Bonchev–Trinajstić information content (AvgIpc) is 2.33. The molecule has 0 unspecified atom stereocenters. The highest BCUT2D eigenvalue weighted by Crippen LogP contribution is 2.31. The molecule has 1 aromatic rings. The molecule has 0 saturated carbocycles. The largest absolute Gasteiger partial charge is 0.478 e. The number of hydrogen-bond acceptors (Lipinski definition) is 4. The minimum Gasteiger partial charge on any atom is -0.478 e. The molecule has 0 amide bonds. The van der Waals surface area contributed by atoms with Gasteiger partial charge in [0.05, 0.1) is 5.56 Å². The molecule has 0 fully saturated rings. The molecule has 5 nitrogen and oxygen atoms in total. The summed E-state index contributed by atoms with van der Waals surface area (Å²) in [7, 11) is 1.52. The molecule has 0 aromatic carbocycles. The standard InChI is InChI=1S/C11H13F3N2O3/c1-19-6-2-5-15-8-4-3-7(10(17)18)9(16-8)11(12,13)14/h3-4H,2,5-6H2,1H3,(H,15,16)(H,17,18). The third-order valence-electron chi connectivity index (χ3n) is 2.23. The van der Waals surface area contributed by atoms with Crippen LogP contribution in [0.25, 0.3) is 0 Å². The first-order valence-electron chi connectivity index (χ1n) is 5.40. The molecule has 0 aliphatic carbocycles. The Hall–Kier alpha value is -1.83. The first kappa shape index (κ1) is 15.2. The fourth-order valence-electron chi connectivity index (χ4n) is 1.38. The van der Waals surface area contributed by atoms with Crippen molar-refractivity contribution in [3.8, 4) is 0 Å². The van der Waals surface area contributed by atoms with Gasteiger partial charge in [0.15, 0.2) is 5.69 Å². The molecule has 0 bridgehead atoms. The lowest BCUT2D eigenvalue weighted by Crippen LogP contribution is -2.17. The van der Waals surface area contributed by atoms with Gasteiger partial charge in [0, 0.05) is 20.3 Å². The Labute approximate surface area is 107 Å². The van der Waals surface area contributed by atoms with Gasteiger partial charge in [-0.15, -0.1) is 0 Å². The van der Waals surface area contributed by atoms with E-state index in [4.69, 9.17) is 9.84 Å². The number of aromatic nitrogens is 1. The van der Waals surface area contributed by atoms with E-state index in [9.17, 15) is 18.0 Å². The molecule has 0 saturated heterocycles. The van der Waals surface area contributed by atoms with Crippen LogP contribution in [0.4, 0.5) is 19.0 Å². The van der Waals surface area contributed by atoms with E-state index in [1.54, 1.807) is 0 Å². The van der Waals surface area contributed by atoms with E-state index in [-0.39, 0.29) is 5.82 Å². The number of methoxy groups -OCH3 is 1. The van der Waals surface area contributed by atoms with Crippen molar-refractivity contribution in [1.82, 2.24) is 4.98 Å². The van der Waals surface area contributed by atoms with E-state index in [2.05, 4.69) is 10.3 Å². The van der Waals surface area contributed by atoms with Gasteiger partial charge in [0.25, 0.3) is 0 Å². The van der Waals surface area contributed by atoms with Crippen LogP contribution in [0.1, 0.15) is 22.5 Å². The van der Waals surface area contributed by atoms with Crippen LogP contribution in [-0.2, 0) is 10.9 Å². The molecule has 1 aromatic heterocycles. The zero-order chi connectivity index (χ0) is 14.5. The van der Waals surface area contributed by atoms with Crippen LogP contribution in [0.3, 0.4) is 0 Å². The summed E-state index contributed by atoms with van der Waals surface area (Å²) in [6.07, 6.45) is -4.21. The number of carboxylic acid groups (broad SMARTS) is 1. The van der Waals surface area contributed by atoms with Gasteiger partial charge in [-0.1, -0.05) is 0 Å². The van der Waals surface area contributed by atoms with Crippen molar-refractivity contribution >= 4 is 11.8 Å². The number of rotatable bonds is 6. The van der Waals surface area contributed by atoms with Crippen molar-refractivity contribution in [3.05, 3.63) is 23.4 Å². The second kappa shape index (κ2) is 6.37. The Bertz CT molecular complexity index is 449. The maximum atomic E-state index is 12.7. The third-order valence-corrected chi connectivity index (χ3v) is 2.23. The Kier molecular flexibility index (Phi) is 5.11. The van der Waals surface area contributed by atoms with Gasteiger partial charge in [-0.2, -0.15) is 13.2 Å². The van der Waals surface area contributed by atoms with Gasteiger partial charge in [-0.3, -0.25) is 0 Å². The molecular weight excluding hydrogens is 265 g/mol. The second-order valence-corrected chi connectivity index (χ2v) is 3.67. The van der Waals surface area contributed by atoms with Crippen LogP contribution in [0, 0.1) is 0 Å². The van der Waals surface area contributed by atoms with Crippen LogP contribution in [0.5, 0.6) is 0 Å². The minimum absolute atomic E-state index is 0.0200. The van der Waals surface area contributed by atoms with Crippen molar-refractivity contribution in [2.75, 3.05) is 25.6 Å². The smallest absolute Gasteiger partial charge is 0.434 e. The Morgan fingerprint density at radius 2 is 2.16 bits per heavy atom. The Morgan fingerprint density at radius 3 is 2.68 bits per heavy atom. The number of hydrogen-bond donors (Lipinski definition) is 2. The Morgan fingerprint density at radius 1 is 1.47 bits per heavy atom. The quantitative estimate of drug-likeness (QED) is 0.781. The maximum Gasteiger partial charge on any atom is 0.434 e. The number of pyridine rings is 1. The molecule has 1 rings (SSSR count). The van der Waals surface area contributed by atoms with Gasteiger partial charge in [0.1, 0.15) is 5.82 Å². The predicted octanol–water partition coefficient (Wildman–Crippen LogP) is 2.25. The maximum absolute atomic E-state index is 12.7. The summed E-state index contributed by atoms with van der Waals surface area (Å²) in [6.45, 7) is 0.844. The summed E-state index contributed by atoms with van der Waals surface area (Å²) < 4.78 is 42.8. The average molecular weight is 278 g/mol. The van der Waals surface area contributed by atoms with Gasteiger partial charge in [0.2, 0.25) is 0 Å². The highest BCUT2D eigenvalue weighted by molar-refractivity contribution is 5.89. The van der Waals surface area contributed by atoms with E-state index in [0.29, 0.717) is 19.6 Å². The van der Waals surface area contributed by atoms with Crippen LogP contribution in [0.15, 0.2) is 12.1 Å². The second-order valence-electron chi connectivity index (χ2n) is 3.67. The summed E-state index contributed by atoms with van der Waals surface area (Å²) >= 11 is 0. The van der Waals surface area contributed by atoms with Crippen molar-refractivity contribution in [2.24, 2.45) is 0 Å². The lowest BCUT2D eigenvalue weighted by atomic mass is 10.2. The fraction of sp³-hybridized carbons (Fsp3) is 0.455. The van der Waals surface area contributed by atoms with E-state index in [1.807, 2.05) is 0 Å². The van der Waals surface area contributed by atoms with Crippen molar-refractivity contribution in [3.63, 3.8) is 0 Å². The molecule has 0 atom stereocenters. The van der Waals surface area contributed by atoms with E-state index >= 15 is 0 Å². The van der Waals surface area contributed by atoms with E-state index in [1.165, 1.54) is 13.2 Å². The molecule has 1 heterocycles. The lowest BCUT2D eigenvalue weighted by Gasteiger charge is -2.12. The summed E-state index contributed by atoms with van der Waals surface area (Å²) in [5, 5.41) is 11.4. The number of aromatic carboxylic acids is 1. The molecule has 2 N–H and O–H groups in total. The van der Waals surface area contributed by atoms with Gasteiger partial charge >= 0.3 is 12.1 Å². The number of carbonyl (C=O) groups is 1. The van der Waals surface area contributed by atoms with Gasteiger partial charge < -0.3 is 15.2 Å². The first-order chi connectivity index (χ1) is 8.86. The molecule has 0 aliphatic heterocycles. The number of nitrogens with zero attached hydrogens (tertiary/aromatic N) is 1. The highest BCUT2D eigenvalue weighted by Gasteiger charge is 2.37. The number of ether oxygens (including phenoxy) is 1. The van der Waals surface area contributed by atoms with Gasteiger partial charge in [-0.05, 0) is 18.6 Å². The highest BCUT2D eigenvalue weighted by atomic mass is 19.4. The van der Waals surface area contributed by atoms with Crippen LogP contribution < -0.4 is 5.32 Å². The van der Waals surface area contributed by atoms with Crippen molar-refractivity contribution < 1.29 is 27.8 Å². The van der Waals surface area contributed by atoms with Crippen molar-refractivity contribution in [2.45, 2.75) is 12.6 Å². The molecule has 19 heavy (non-hydrogen) atoms. The molecule has 0 radical (unpaired) electrons. The number of anilines is 1. The van der Waals surface area contributed by atoms with Crippen LogP contribution in [-0.4, -0.2) is 36.3 Å². The molecule has 8 heteroatoms. The first-order valence-corrected chi connectivity index (χ1v) is 5.40. The topological polar surface area (TPSA) is 71.5 Å². The van der Waals surface area contributed by atoms with E-state index < -0.39 is 23.4 Å². The summed E-state index contributed by atoms with van der Waals surface area (Å²) in [4.78, 5) is 14.0. The summed E-state index contributed by atoms with van der Waals surface area (Å²) in [6, 6.07) is 2.09. The molecule has 106 valence electrons. The lowest BCUT2D eigenvalue weighted by molar-refractivity contribution is -0.141. The summed E-state index contributed by atoms with van der Waals surface area (Å²) in [5.41, 5.74) is -2.27. The van der Waals surface area contributed by atoms with Crippen molar-refractivity contribution in [1.29, 1.82) is 0 Å². The zero-order valence-electron chi connectivity index (χ0n) is 10.1. The third kappa shape index (κ3) is 4.40. The predicted molar refractivity (Wildman–Crippen MR) is 61.2 cm³/mol. The molecule has 0 spiro atoms. The van der Waals surface area contributed by atoms with E-state index in [0.717, 1.165) is 6.07 Å². The number of alkyl halides is 3. The summed E-state index contributed by atoms with van der Waals surface area (Å²) in [5.74, 6) is -1.68. The Balaban J connectivity index is 2.90. The van der Waals surface area contributed by atoms with Gasteiger partial charge in [-0.25, -0.2) is 9.78 Å². The minimum atomic E-state index is -4.81. The SMILES string of the molecule is COCCCNc1ccc(C(=O)O)c(C(F)(F)F)n1. The normalized spacial score (nSPS) is 11.4. The zero-order valence-corrected chi connectivity index (χ0v) is 10.1. The van der Waals surface area contributed by atoms with Crippen LogP contribution in [0.2, 0.25) is 0 Å². The van der Waals surface area contributed by atoms with Crippen LogP contribution >= 0.6 is 0 Å². The number of nitrogens with one attached hydrogen (secondary N) is 1. The number of halogens is 3. The number of carboxylic acids is 1. The monoisotopic (exact) mass is 278 g/mol. The fourth-order valence-corrected chi connectivity index (χ4v) is 1.38. The molecule has 0 aliphatic rings.